The van der Waals surface area contributed by atoms with E-state index in [1.54, 1.807) is 16.2 Å². The van der Waals surface area contributed by atoms with Crippen LogP contribution in [0.25, 0.3) is 0 Å². The van der Waals surface area contributed by atoms with Crippen LogP contribution in [0.5, 0.6) is 11.5 Å². The van der Waals surface area contributed by atoms with Crippen molar-refractivity contribution in [3.8, 4) is 11.5 Å². The fourth-order valence-corrected chi connectivity index (χ4v) is 5.16. The lowest BCUT2D eigenvalue weighted by Crippen LogP contribution is -2.32. The highest BCUT2D eigenvalue weighted by Crippen LogP contribution is 2.40. The molecule has 9 heteroatoms. The van der Waals surface area contributed by atoms with E-state index in [-0.39, 0.29) is 11.7 Å². The third-order valence-corrected chi connectivity index (χ3v) is 7.17. The van der Waals surface area contributed by atoms with Crippen molar-refractivity contribution in [2.24, 2.45) is 0 Å². The van der Waals surface area contributed by atoms with Crippen molar-refractivity contribution in [2.75, 3.05) is 23.9 Å². The third-order valence-electron chi connectivity index (χ3n) is 5.36. The van der Waals surface area contributed by atoms with Gasteiger partial charge in [-0.2, -0.15) is 0 Å². The van der Waals surface area contributed by atoms with Crippen LogP contribution in [-0.2, 0) is 17.9 Å². The SMILES string of the molecule is C=CCn1c(SCC(=O)N(Cc2cccs2)c2ccc3c(c2)OCCO3)nnc1C1CC1. The van der Waals surface area contributed by atoms with Gasteiger partial charge in [-0.05, 0) is 36.4 Å². The van der Waals surface area contributed by atoms with Crippen molar-refractivity contribution in [3.05, 3.63) is 59.1 Å². The molecule has 1 aliphatic carbocycles. The fraction of sp³-hybridized carbons (Fsp3) is 0.348. The monoisotopic (exact) mass is 468 g/mol. The number of ether oxygens (including phenoxy) is 2. The normalized spacial score (nSPS) is 14.9. The number of hydrogen-bond acceptors (Lipinski definition) is 7. The first-order valence-corrected chi connectivity index (χ1v) is 12.5. The summed E-state index contributed by atoms with van der Waals surface area (Å²) in [5.41, 5.74) is 0.791. The van der Waals surface area contributed by atoms with Crippen LogP contribution in [0.15, 0.2) is 53.5 Å². The standard InChI is InChI=1S/C23H24N4O3S2/c1-2-9-26-22(16-5-6-16)24-25-23(26)32-15-21(28)27(14-18-4-3-12-31-18)17-7-8-19-20(13-17)30-11-10-29-19/h2-4,7-8,12-13,16H,1,5-6,9-11,14-15H2. The number of aromatic nitrogens is 3. The number of thioether (sulfide) groups is 1. The summed E-state index contributed by atoms with van der Waals surface area (Å²) in [5.74, 6) is 3.14. The van der Waals surface area contributed by atoms with Crippen LogP contribution in [-0.4, -0.2) is 39.6 Å². The molecule has 3 aromatic rings. The maximum atomic E-state index is 13.4. The molecular formula is C23H24N4O3S2. The van der Waals surface area contributed by atoms with Crippen molar-refractivity contribution in [1.29, 1.82) is 0 Å². The lowest BCUT2D eigenvalue weighted by atomic mass is 10.2. The van der Waals surface area contributed by atoms with E-state index in [1.807, 2.05) is 41.8 Å². The van der Waals surface area contributed by atoms with Crippen LogP contribution in [0.3, 0.4) is 0 Å². The average molecular weight is 469 g/mol. The van der Waals surface area contributed by atoms with Crippen molar-refractivity contribution in [1.82, 2.24) is 14.8 Å². The number of fused-ring (bicyclic) bond motifs is 1. The second-order valence-corrected chi connectivity index (χ2v) is 9.66. The molecule has 1 aromatic carbocycles. The molecule has 1 fully saturated rings. The minimum absolute atomic E-state index is 0.00111. The third kappa shape index (κ3) is 4.54. The molecule has 0 spiro atoms. The van der Waals surface area contributed by atoms with E-state index in [9.17, 15) is 4.79 Å². The number of carbonyl (C=O) groups excluding carboxylic acids is 1. The van der Waals surface area contributed by atoms with Crippen LogP contribution < -0.4 is 14.4 Å². The Hall–Kier alpha value is -2.78. The van der Waals surface area contributed by atoms with E-state index < -0.39 is 0 Å². The number of nitrogens with zero attached hydrogens (tertiary/aromatic N) is 4. The summed E-state index contributed by atoms with van der Waals surface area (Å²) in [4.78, 5) is 16.3. The number of hydrogen-bond donors (Lipinski definition) is 0. The van der Waals surface area contributed by atoms with Crippen LogP contribution in [0.1, 0.15) is 29.5 Å². The Morgan fingerprint density at radius 1 is 1.25 bits per heavy atom. The molecule has 3 heterocycles. The molecule has 5 rings (SSSR count). The van der Waals surface area contributed by atoms with Crippen LogP contribution in [0.2, 0.25) is 0 Å². The van der Waals surface area contributed by atoms with E-state index >= 15 is 0 Å². The molecule has 0 saturated heterocycles. The number of benzene rings is 1. The zero-order valence-corrected chi connectivity index (χ0v) is 19.2. The van der Waals surface area contributed by atoms with E-state index in [0.717, 1.165) is 34.4 Å². The Morgan fingerprint density at radius 2 is 2.09 bits per heavy atom. The van der Waals surface area contributed by atoms with Gasteiger partial charge in [-0.25, -0.2) is 0 Å². The quantitative estimate of drug-likeness (QED) is 0.340. The molecule has 2 aromatic heterocycles. The van der Waals surface area contributed by atoms with E-state index in [1.165, 1.54) is 11.8 Å². The summed E-state index contributed by atoms with van der Waals surface area (Å²) in [5, 5.41) is 11.5. The highest BCUT2D eigenvalue weighted by Gasteiger charge is 2.30. The molecule has 0 bridgehead atoms. The smallest absolute Gasteiger partial charge is 0.237 e. The predicted octanol–water partition coefficient (Wildman–Crippen LogP) is 4.50. The molecule has 0 radical (unpaired) electrons. The Kier molecular flexibility index (Phi) is 6.18. The first-order chi connectivity index (χ1) is 15.7. The van der Waals surface area contributed by atoms with Gasteiger partial charge >= 0.3 is 0 Å². The minimum Gasteiger partial charge on any atom is -0.486 e. The van der Waals surface area contributed by atoms with E-state index in [0.29, 0.717) is 43.7 Å². The molecule has 166 valence electrons. The maximum Gasteiger partial charge on any atom is 0.237 e. The second-order valence-electron chi connectivity index (χ2n) is 7.69. The Morgan fingerprint density at radius 3 is 2.84 bits per heavy atom. The van der Waals surface area contributed by atoms with Gasteiger partial charge in [0.05, 0.1) is 12.3 Å². The lowest BCUT2D eigenvalue weighted by molar-refractivity contribution is -0.116. The van der Waals surface area contributed by atoms with Crippen molar-refractivity contribution >= 4 is 34.7 Å². The summed E-state index contributed by atoms with van der Waals surface area (Å²) in [6.07, 6.45) is 4.15. The molecule has 7 nitrogen and oxygen atoms in total. The first-order valence-electron chi connectivity index (χ1n) is 10.6. The van der Waals surface area contributed by atoms with Gasteiger partial charge in [0.25, 0.3) is 0 Å². The van der Waals surface area contributed by atoms with Gasteiger partial charge in [0.2, 0.25) is 5.91 Å². The number of rotatable bonds is 9. The summed E-state index contributed by atoms with van der Waals surface area (Å²) in [7, 11) is 0. The van der Waals surface area contributed by atoms with E-state index in [4.69, 9.17) is 9.47 Å². The summed E-state index contributed by atoms with van der Waals surface area (Å²) in [6, 6.07) is 9.70. The molecule has 2 aliphatic rings. The molecule has 1 saturated carbocycles. The zero-order valence-electron chi connectivity index (χ0n) is 17.6. The van der Waals surface area contributed by atoms with Gasteiger partial charge in [0.1, 0.15) is 19.0 Å². The number of anilines is 1. The lowest BCUT2D eigenvalue weighted by Gasteiger charge is -2.25. The minimum atomic E-state index is 0.00111. The number of allylic oxidation sites excluding steroid dienone is 1. The molecule has 32 heavy (non-hydrogen) atoms. The Bertz CT molecular complexity index is 1110. The molecular weight excluding hydrogens is 444 g/mol. The van der Waals surface area contributed by atoms with Crippen LogP contribution in [0.4, 0.5) is 5.69 Å². The van der Waals surface area contributed by atoms with Crippen molar-refractivity contribution in [2.45, 2.75) is 37.0 Å². The van der Waals surface area contributed by atoms with Gasteiger partial charge in [0.15, 0.2) is 16.7 Å². The largest absolute Gasteiger partial charge is 0.486 e. The number of amides is 1. The molecule has 1 amide bonds. The molecule has 0 unspecified atom stereocenters. The molecule has 1 aliphatic heterocycles. The van der Waals surface area contributed by atoms with Gasteiger partial charge in [-0.15, -0.1) is 28.1 Å². The van der Waals surface area contributed by atoms with Gasteiger partial charge in [-0.3, -0.25) is 4.79 Å². The zero-order chi connectivity index (χ0) is 21.9. The van der Waals surface area contributed by atoms with E-state index in [2.05, 4.69) is 21.3 Å². The second kappa shape index (κ2) is 9.38. The average Bonchev–Trinajstić information content (AvgIpc) is 3.38. The van der Waals surface area contributed by atoms with Gasteiger partial charge in [-0.1, -0.05) is 23.9 Å². The summed E-state index contributed by atoms with van der Waals surface area (Å²) < 4.78 is 13.5. The number of thiophene rings is 1. The first kappa shape index (κ1) is 21.1. The fourth-order valence-electron chi connectivity index (χ4n) is 3.64. The van der Waals surface area contributed by atoms with Crippen LogP contribution >= 0.6 is 23.1 Å². The van der Waals surface area contributed by atoms with Gasteiger partial charge in [0, 0.05) is 29.1 Å². The summed E-state index contributed by atoms with van der Waals surface area (Å²) in [6.45, 7) is 6.05. The highest BCUT2D eigenvalue weighted by molar-refractivity contribution is 7.99. The van der Waals surface area contributed by atoms with Crippen molar-refractivity contribution in [3.63, 3.8) is 0 Å². The Labute approximate surface area is 195 Å². The number of carbonyl (C=O) groups is 1. The van der Waals surface area contributed by atoms with Crippen molar-refractivity contribution < 1.29 is 14.3 Å². The highest BCUT2D eigenvalue weighted by atomic mass is 32.2. The maximum absolute atomic E-state index is 13.4. The predicted molar refractivity (Wildman–Crippen MR) is 126 cm³/mol. The molecule has 0 atom stereocenters. The summed E-state index contributed by atoms with van der Waals surface area (Å²) >= 11 is 3.06. The topological polar surface area (TPSA) is 69.5 Å². The van der Waals surface area contributed by atoms with Gasteiger partial charge < -0.3 is 18.9 Å². The Balaban J connectivity index is 1.36. The van der Waals surface area contributed by atoms with Crippen LogP contribution in [0, 0.1) is 0 Å². The molecule has 0 N–H and O–H groups in total.